The van der Waals surface area contributed by atoms with E-state index in [0.29, 0.717) is 37.6 Å². The van der Waals surface area contributed by atoms with Gasteiger partial charge in [-0.15, -0.1) is 0 Å². The average Bonchev–Trinajstić information content (AvgIpc) is 3.33. The van der Waals surface area contributed by atoms with Gasteiger partial charge < -0.3 is 18.9 Å². The summed E-state index contributed by atoms with van der Waals surface area (Å²) in [4.78, 5) is 8.17. The molecule has 0 N–H and O–H groups in total. The normalized spacial score (nSPS) is 24.9. The number of nitrogens with zero attached hydrogens (tertiary/aromatic N) is 2. The fourth-order valence-corrected chi connectivity index (χ4v) is 3.25. The Morgan fingerprint density at radius 2 is 1.09 bits per heavy atom. The van der Waals surface area contributed by atoms with Gasteiger partial charge in [-0.3, -0.25) is 0 Å². The molecule has 0 spiro atoms. The predicted molar refractivity (Wildman–Crippen MR) is 87.8 cm³/mol. The van der Waals surface area contributed by atoms with Crippen LogP contribution >= 0.6 is 0 Å². The summed E-state index contributed by atoms with van der Waals surface area (Å²) in [6, 6.07) is 0. The van der Waals surface area contributed by atoms with Crippen LogP contribution in [0, 0.1) is 0 Å². The van der Waals surface area contributed by atoms with Gasteiger partial charge in [0.2, 0.25) is 0 Å². The Labute approximate surface area is 138 Å². The molecule has 130 valence electrons. The Morgan fingerprint density at radius 1 is 0.652 bits per heavy atom. The van der Waals surface area contributed by atoms with Gasteiger partial charge in [-0.2, -0.15) is 0 Å². The van der Waals surface area contributed by atoms with Crippen molar-refractivity contribution in [2.75, 3.05) is 26.3 Å². The smallest absolute Gasteiger partial charge is 0.383 e. The van der Waals surface area contributed by atoms with E-state index < -0.39 is 0 Å². The van der Waals surface area contributed by atoms with Crippen molar-refractivity contribution in [3.05, 3.63) is 0 Å². The molecule has 2 saturated carbocycles. The molecule has 2 fully saturated rings. The van der Waals surface area contributed by atoms with E-state index >= 15 is 0 Å². The highest BCUT2D eigenvalue weighted by Crippen LogP contribution is 2.22. The largest absolute Gasteiger partial charge is 0.449 e. The Morgan fingerprint density at radius 3 is 1.48 bits per heavy atom. The Kier molecular flexibility index (Phi) is 6.41. The lowest BCUT2D eigenvalue weighted by Crippen LogP contribution is -2.20. The SMILES string of the molecule is C1CCC(OC2=NCCO2)C1.C1CCC(OC2=NCCO2)CC1. The molecule has 0 aromatic carbocycles. The maximum atomic E-state index is 5.58. The molecule has 0 radical (unpaired) electrons. The van der Waals surface area contributed by atoms with Crippen molar-refractivity contribution < 1.29 is 18.9 Å². The quantitative estimate of drug-likeness (QED) is 0.783. The van der Waals surface area contributed by atoms with E-state index in [1.807, 2.05) is 0 Å². The molecule has 2 aliphatic heterocycles. The van der Waals surface area contributed by atoms with Gasteiger partial charge in [0.25, 0.3) is 0 Å². The third-order valence-electron chi connectivity index (χ3n) is 4.50. The van der Waals surface area contributed by atoms with Crippen molar-refractivity contribution in [3.63, 3.8) is 0 Å². The molecule has 6 heteroatoms. The summed E-state index contributed by atoms with van der Waals surface area (Å²) >= 11 is 0. The molecule has 2 aliphatic carbocycles. The molecule has 4 aliphatic rings. The Bertz CT molecular complexity index is 413. The maximum absolute atomic E-state index is 5.58. The standard InChI is InChI=1S/C9H15NO2.C8H13NO2/c1-2-4-8(5-3-1)12-9-10-6-7-11-9;1-2-4-7(3-1)11-8-9-5-6-10-8/h8H,1-7H2;7H,1-6H2. The molecule has 23 heavy (non-hydrogen) atoms. The van der Waals surface area contributed by atoms with E-state index in [1.54, 1.807) is 0 Å². The summed E-state index contributed by atoms with van der Waals surface area (Å²) in [6.45, 7) is 2.92. The first-order chi connectivity index (χ1) is 11.4. The minimum Gasteiger partial charge on any atom is -0.449 e. The van der Waals surface area contributed by atoms with Crippen LogP contribution < -0.4 is 0 Å². The highest BCUT2D eigenvalue weighted by atomic mass is 16.7. The zero-order valence-electron chi connectivity index (χ0n) is 13.9. The predicted octanol–water partition coefficient (Wildman–Crippen LogP) is 3.05. The second kappa shape index (κ2) is 8.99. The molecule has 0 aromatic heterocycles. The summed E-state index contributed by atoms with van der Waals surface area (Å²) < 4.78 is 21.4. The van der Waals surface area contributed by atoms with Gasteiger partial charge in [-0.25, -0.2) is 9.98 Å². The van der Waals surface area contributed by atoms with Crippen molar-refractivity contribution in [1.82, 2.24) is 0 Å². The Hall–Kier alpha value is -1.46. The molecule has 2 heterocycles. The molecule has 0 atom stereocenters. The van der Waals surface area contributed by atoms with Crippen LogP contribution in [0.3, 0.4) is 0 Å². The van der Waals surface area contributed by atoms with Gasteiger partial charge >= 0.3 is 12.2 Å². The summed E-state index contributed by atoms with van der Waals surface area (Å²) in [5.41, 5.74) is 0. The molecule has 0 amide bonds. The molecular weight excluding hydrogens is 296 g/mol. The van der Waals surface area contributed by atoms with Gasteiger partial charge in [0.1, 0.15) is 25.4 Å². The summed E-state index contributed by atoms with van der Waals surface area (Å²) in [7, 11) is 0. The Balaban J connectivity index is 0.000000136. The van der Waals surface area contributed by atoms with E-state index in [1.165, 1.54) is 57.8 Å². The summed E-state index contributed by atoms with van der Waals surface area (Å²) in [6.07, 6.45) is 13.0. The minimum absolute atomic E-state index is 0.371. The first kappa shape index (κ1) is 16.4. The van der Waals surface area contributed by atoms with Crippen molar-refractivity contribution in [3.8, 4) is 0 Å². The van der Waals surface area contributed by atoms with Crippen LogP contribution in [0.4, 0.5) is 0 Å². The fourth-order valence-electron chi connectivity index (χ4n) is 3.25. The van der Waals surface area contributed by atoms with Gasteiger partial charge in [-0.05, 0) is 51.4 Å². The average molecular weight is 324 g/mol. The lowest BCUT2D eigenvalue weighted by atomic mass is 9.98. The lowest BCUT2D eigenvalue weighted by Gasteiger charge is -2.21. The van der Waals surface area contributed by atoms with Crippen LogP contribution in [0.1, 0.15) is 57.8 Å². The molecular formula is C17H28N2O4. The number of hydrogen-bond acceptors (Lipinski definition) is 6. The number of ether oxygens (including phenoxy) is 4. The van der Waals surface area contributed by atoms with E-state index in [0.717, 1.165) is 13.1 Å². The zero-order chi connectivity index (χ0) is 15.7. The summed E-state index contributed by atoms with van der Waals surface area (Å²) in [5, 5.41) is 0. The third kappa shape index (κ3) is 5.59. The second-order valence-electron chi connectivity index (χ2n) is 6.39. The van der Waals surface area contributed by atoms with E-state index in [4.69, 9.17) is 18.9 Å². The van der Waals surface area contributed by atoms with Crippen LogP contribution in [-0.2, 0) is 18.9 Å². The van der Waals surface area contributed by atoms with Crippen LogP contribution in [0.5, 0.6) is 0 Å². The van der Waals surface area contributed by atoms with Crippen LogP contribution in [0.2, 0.25) is 0 Å². The maximum Gasteiger partial charge on any atom is 0.383 e. The molecule has 0 saturated heterocycles. The number of hydrogen-bond donors (Lipinski definition) is 0. The number of aliphatic imine (C=N–C) groups is 2. The van der Waals surface area contributed by atoms with E-state index in [2.05, 4.69) is 9.98 Å². The fraction of sp³-hybridized carbons (Fsp3) is 0.882. The second-order valence-corrected chi connectivity index (χ2v) is 6.39. The zero-order valence-corrected chi connectivity index (χ0v) is 13.9. The third-order valence-corrected chi connectivity index (χ3v) is 4.50. The lowest BCUT2D eigenvalue weighted by molar-refractivity contribution is 0.0940. The van der Waals surface area contributed by atoms with Crippen molar-refractivity contribution in [2.24, 2.45) is 9.98 Å². The summed E-state index contributed by atoms with van der Waals surface area (Å²) in [5.74, 6) is 0. The first-order valence-corrected chi connectivity index (χ1v) is 9.08. The van der Waals surface area contributed by atoms with Crippen molar-refractivity contribution >= 4 is 12.2 Å². The first-order valence-electron chi connectivity index (χ1n) is 9.08. The van der Waals surface area contributed by atoms with Gasteiger partial charge in [-0.1, -0.05) is 6.42 Å². The molecule has 6 nitrogen and oxygen atoms in total. The van der Waals surface area contributed by atoms with Gasteiger partial charge in [0, 0.05) is 0 Å². The highest BCUT2D eigenvalue weighted by Gasteiger charge is 2.20. The van der Waals surface area contributed by atoms with E-state index in [-0.39, 0.29) is 0 Å². The van der Waals surface area contributed by atoms with E-state index in [9.17, 15) is 0 Å². The van der Waals surface area contributed by atoms with Crippen LogP contribution in [-0.4, -0.2) is 50.7 Å². The monoisotopic (exact) mass is 324 g/mol. The molecule has 4 rings (SSSR count). The van der Waals surface area contributed by atoms with Crippen molar-refractivity contribution in [1.29, 1.82) is 0 Å². The molecule has 0 aromatic rings. The van der Waals surface area contributed by atoms with Gasteiger partial charge in [0.15, 0.2) is 0 Å². The molecule has 0 unspecified atom stereocenters. The van der Waals surface area contributed by atoms with Crippen molar-refractivity contribution in [2.45, 2.75) is 70.0 Å². The van der Waals surface area contributed by atoms with Crippen LogP contribution in [0.25, 0.3) is 0 Å². The highest BCUT2D eigenvalue weighted by molar-refractivity contribution is 5.68. The topological polar surface area (TPSA) is 61.6 Å². The minimum atomic E-state index is 0.371. The molecule has 0 bridgehead atoms. The number of rotatable bonds is 2. The van der Waals surface area contributed by atoms with Crippen LogP contribution in [0.15, 0.2) is 9.98 Å². The van der Waals surface area contributed by atoms with Gasteiger partial charge in [0.05, 0.1) is 13.1 Å².